The number of esters is 1. The summed E-state index contributed by atoms with van der Waals surface area (Å²) in [4.78, 5) is 15.3. The normalized spacial score (nSPS) is 11.8. The molecule has 1 rings (SSSR count). The number of rotatable bonds is 4. The Morgan fingerprint density at radius 3 is 3.07 bits per heavy atom. The molecular formula is C10H12N2O2S. The number of nitriles is 1. The van der Waals surface area contributed by atoms with Gasteiger partial charge in [0, 0.05) is 11.3 Å². The number of carbonyl (C=O) groups is 1. The van der Waals surface area contributed by atoms with Crippen molar-refractivity contribution in [1.29, 1.82) is 5.26 Å². The average molecular weight is 224 g/mol. The van der Waals surface area contributed by atoms with E-state index in [1.807, 2.05) is 18.4 Å². The molecule has 0 bridgehead atoms. The molecule has 0 aliphatic heterocycles. The molecule has 1 unspecified atom stereocenters. The maximum Gasteiger partial charge on any atom is 0.306 e. The Morgan fingerprint density at radius 2 is 2.53 bits per heavy atom. The number of aromatic nitrogens is 1. The maximum absolute atomic E-state index is 11.2. The molecule has 0 saturated heterocycles. The van der Waals surface area contributed by atoms with Gasteiger partial charge in [-0.3, -0.25) is 4.79 Å². The van der Waals surface area contributed by atoms with Gasteiger partial charge in [0.15, 0.2) is 5.01 Å². The van der Waals surface area contributed by atoms with E-state index in [9.17, 15) is 4.79 Å². The van der Waals surface area contributed by atoms with Crippen LogP contribution in [0.4, 0.5) is 0 Å². The van der Waals surface area contributed by atoms with Gasteiger partial charge in [0.05, 0.1) is 18.7 Å². The first-order valence-electron chi connectivity index (χ1n) is 4.68. The van der Waals surface area contributed by atoms with Crippen LogP contribution in [-0.2, 0) is 9.53 Å². The van der Waals surface area contributed by atoms with E-state index >= 15 is 0 Å². The van der Waals surface area contributed by atoms with Crippen molar-refractivity contribution >= 4 is 17.3 Å². The van der Waals surface area contributed by atoms with Crippen molar-refractivity contribution in [3.05, 3.63) is 16.1 Å². The molecule has 15 heavy (non-hydrogen) atoms. The molecule has 1 atom stereocenters. The van der Waals surface area contributed by atoms with Crippen LogP contribution in [0.3, 0.4) is 0 Å². The standard InChI is InChI=1S/C10H12N2O2S/c1-3-14-10(13)4-7(2)8-6-15-9(5-11)12-8/h6-7H,3-4H2,1-2H3. The van der Waals surface area contributed by atoms with Crippen molar-refractivity contribution in [2.45, 2.75) is 26.2 Å². The second-order valence-corrected chi connectivity index (χ2v) is 3.96. The Labute approximate surface area is 92.5 Å². The van der Waals surface area contributed by atoms with Crippen LogP contribution in [0, 0.1) is 11.3 Å². The van der Waals surface area contributed by atoms with Crippen LogP contribution in [0.5, 0.6) is 0 Å². The maximum atomic E-state index is 11.2. The predicted octanol–water partition coefficient (Wildman–Crippen LogP) is 2.07. The van der Waals surface area contributed by atoms with E-state index in [2.05, 4.69) is 4.98 Å². The highest BCUT2D eigenvalue weighted by molar-refractivity contribution is 7.10. The first-order chi connectivity index (χ1) is 7.17. The molecule has 0 spiro atoms. The van der Waals surface area contributed by atoms with Crippen molar-refractivity contribution in [2.24, 2.45) is 0 Å². The van der Waals surface area contributed by atoms with Crippen molar-refractivity contribution in [2.75, 3.05) is 6.61 Å². The molecule has 0 aliphatic carbocycles. The molecule has 0 radical (unpaired) electrons. The van der Waals surface area contributed by atoms with Gasteiger partial charge >= 0.3 is 5.97 Å². The molecule has 80 valence electrons. The molecule has 1 aromatic heterocycles. The number of ether oxygens (including phenoxy) is 1. The highest BCUT2D eigenvalue weighted by atomic mass is 32.1. The number of hydrogen-bond donors (Lipinski definition) is 0. The molecule has 1 aromatic rings. The third-order valence-corrected chi connectivity index (χ3v) is 2.67. The van der Waals surface area contributed by atoms with Crippen molar-refractivity contribution in [1.82, 2.24) is 4.98 Å². The largest absolute Gasteiger partial charge is 0.466 e. The Kier molecular flexibility index (Phi) is 4.25. The fourth-order valence-corrected chi connectivity index (χ4v) is 1.87. The molecule has 4 nitrogen and oxygen atoms in total. The average Bonchev–Trinajstić information content (AvgIpc) is 2.66. The lowest BCUT2D eigenvalue weighted by atomic mass is 10.1. The van der Waals surface area contributed by atoms with Gasteiger partial charge in [-0.1, -0.05) is 6.92 Å². The first-order valence-corrected chi connectivity index (χ1v) is 5.56. The Hall–Kier alpha value is -1.41. The van der Waals surface area contributed by atoms with Crippen molar-refractivity contribution in [3.63, 3.8) is 0 Å². The number of carbonyl (C=O) groups excluding carboxylic acids is 1. The zero-order valence-electron chi connectivity index (χ0n) is 8.69. The Morgan fingerprint density at radius 1 is 1.80 bits per heavy atom. The van der Waals surface area contributed by atoms with Crippen LogP contribution in [0.1, 0.15) is 36.9 Å². The minimum atomic E-state index is -0.225. The predicted molar refractivity (Wildman–Crippen MR) is 56.5 cm³/mol. The van der Waals surface area contributed by atoms with Gasteiger partial charge < -0.3 is 4.74 Å². The van der Waals surface area contributed by atoms with Gasteiger partial charge in [0.25, 0.3) is 0 Å². The summed E-state index contributed by atoms with van der Waals surface area (Å²) in [5.74, 6) is -0.223. The van der Waals surface area contributed by atoms with Crippen LogP contribution < -0.4 is 0 Å². The summed E-state index contributed by atoms with van der Waals surface area (Å²) in [5, 5.41) is 10.8. The molecule has 0 amide bonds. The van der Waals surface area contributed by atoms with E-state index in [4.69, 9.17) is 10.00 Å². The monoisotopic (exact) mass is 224 g/mol. The summed E-state index contributed by atoms with van der Waals surface area (Å²) < 4.78 is 4.84. The topological polar surface area (TPSA) is 63.0 Å². The van der Waals surface area contributed by atoms with E-state index in [0.29, 0.717) is 18.0 Å². The molecule has 0 fully saturated rings. The summed E-state index contributed by atoms with van der Waals surface area (Å²) >= 11 is 1.29. The van der Waals surface area contributed by atoms with E-state index in [1.165, 1.54) is 11.3 Å². The van der Waals surface area contributed by atoms with Gasteiger partial charge in [-0.2, -0.15) is 5.26 Å². The first kappa shape index (κ1) is 11.7. The lowest BCUT2D eigenvalue weighted by Gasteiger charge is -2.06. The van der Waals surface area contributed by atoms with E-state index in [-0.39, 0.29) is 11.9 Å². The quantitative estimate of drug-likeness (QED) is 0.734. The fourth-order valence-electron chi connectivity index (χ4n) is 1.14. The van der Waals surface area contributed by atoms with Gasteiger partial charge in [-0.15, -0.1) is 11.3 Å². The minimum Gasteiger partial charge on any atom is -0.466 e. The second kappa shape index (κ2) is 5.47. The lowest BCUT2D eigenvalue weighted by Crippen LogP contribution is -2.08. The summed E-state index contributed by atoms with van der Waals surface area (Å²) in [6, 6.07) is 1.97. The van der Waals surface area contributed by atoms with Crippen LogP contribution in [0.15, 0.2) is 5.38 Å². The van der Waals surface area contributed by atoms with Crippen molar-refractivity contribution in [3.8, 4) is 6.07 Å². The number of nitrogens with zero attached hydrogens (tertiary/aromatic N) is 2. The van der Waals surface area contributed by atoms with Crippen LogP contribution >= 0.6 is 11.3 Å². The van der Waals surface area contributed by atoms with Crippen LogP contribution in [0.2, 0.25) is 0 Å². The van der Waals surface area contributed by atoms with Gasteiger partial charge in [0.1, 0.15) is 6.07 Å². The zero-order valence-corrected chi connectivity index (χ0v) is 9.50. The molecule has 0 N–H and O–H groups in total. The SMILES string of the molecule is CCOC(=O)CC(C)c1csc(C#N)n1. The minimum absolute atomic E-state index is 0.00222. The molecular weight excluding hydrogens is 212 g/mol. The molecule has 5 heteroatoms. The Bertz CT molecular complexity index is 381. The highest BCUT2D eigenvalue weighted by Crippen LogP contribution is 2.21. The molecule has 0 aliphatic rings. The Balaban J connectivity index is 2.57. The zero-order chi connectivity index (χ0) is 11.3. The third-order valence-electron chi connectivity index (χ3n) is 1.90. The van der Waals surface area contributed by atoms with Gasteiger partial charge in [0.2, 0.25) is 0 Å². The fraction of sp³-hybridized carbons (Fsp3) is 0.500. The number of hydrogen-bond acceptors (Lipinski definition) is 5. The number of thiazole rings is 1. The molecule has 0 aromatic carbocycles. The third kappa shape index (κ3) is 3.33. The highest BCUT2D eigenvalue weighted by Gasteiger charge is 2.14. The van der Waals surface area contributed by atoms with Crippen molar-refractivity contribution < 1.29 is 9.53 Å². The smallest absolute Gasteiger partial charge is 0.306 e. The van der Waals surface area contributed by atoms with Crippen LogP contribution in [-0.4, -0.2) is 17.6 Å². The van der Waals surface area contributed by atoms with Gasteiger partial charge in [-0.25, -0.2) is 4.98 Å². The summed E-state index contributed by atoms with van der Waals surface area (Å²) in [6.45, 7) is 4.07. The van der Waals surface area contributed by atoms with E-state index in [0.717, 1.165) is 5.69 Å². The summed E-state index contributed by atoms with van der Waals surface area (Å²) in [5.41, 5.74) is 0.782. The van der Waals surface area contributed by atoms with Crippen LogP contribution in [0.25, 0.3) is 0 Å². The van der Waals surface area contributed by atoms with E-state index in [1.54, 1.807) is 6.92 Å². The summed E-state index contributed by atoms with van der Waals surface area (Å²) in [6.07, 6.45) is 0.308. The van der Waals surface area contributed by atoms with E-state index < -0.39 is 0 Å². The summed E-state index contributed by atoms with van der Waals surface area (Å²) in [7, 11) is 0. The lowest BCUT2D eigenvalue weighted by molar-refractivity contribution is -0.143. The van der Waals surface area contributed by atoms with Gasteiger partial charge in [-0.05, 0) is 6.92 Å². The molecule has 1 heterocycles. The second-order valence-electron chi connectivity index (χ2n) is 3.10. The molecule has 0 saturated carbocycles.